The molecule has 4 nitrogen and oxygen atoms in total. The van der Waals surface area contributed by atoms with E-state index >= 15 is 0 Å². The fourth-order valence-electron chi connectivity index (χ4n) is 3.68. The van der Waals surface area contributed by atoms with Crippen LogP contribution in [0.15, 0.2) is 24.4 Å². The minimum atomic E-state index is -0.346. The van der Waals surface area contributed by atoms with E-state index in [-0.39, 0.29) is 12.7 Å². The molecule has 0 aromatic carbocycles. The molecular weight excluding hydrogens is 374 g/mol. The number of nitrogens with zero attached hydrogens (tertiary/aromatic N) is 1. The second-order valence-corrected chi connectivity index (χ2v) is 8.47. The quantitative estimate of drug-likeness (QED) is 0.203. The third-order valence-electron chi connectivity index (χ3n) is 5.57. The number of aliphatic hydroxyl groups excluding tert-OH is 1. The molecule has 0 spiro atoms. The zero-order valence-corrected chi connectivity index (χ0v) is 19.5. The van der Waals surface area contributed by atoms with E-state index in [1.165, 1.54) is 96.3 Å². The molecule has 174 valence electrons. The van der Waals surface area contributed by atoms with E-state index in [4.69, 9.17) is 9.47 Å². The number of rotatable bonds is 22. The van der Waals surface area contributed by atoms with Crippen LogP contribution in [0.2, 0.25) is 0 Å². The Bertz CT molecular complexity index is 455. The van der Waals surface area contributed by atoms with Crippen LogP contribution in [0.5, 0.6) is 5.88 Å². The number of pyridine rings is 1. The van der Waals surface area contributed by atoms with E-state index in [0.717, 1.165) is 13.0 Å². The van der Waals surface area contributed by atoms with Crippen molar-refractivity contribution in [2.24, 2.45) is 0 Å². The average Bonchev–Trinajstić information content (AvgIpc) is 2.78. The third kappa shape index (κ3) is 16.6. The number of hydrogen-bond acceptors (Lipinski definition) is 4. The van der Waals surface area contributed by atoms with Gasteiger partial charge >= 0.3 is 0 Å². The SMILES string of the molecule is CCCCCCCCCCCCCCCCCCOCC(CO)Oc1ccccn1. The van der Waals surface area contributed by atoms with Crippen molar-refractivity contribution in [1.29, 1.82) is 0 Å². The van der Waals surface area contributed by atoms with Gasteiger partial charge in [-0.05, 0) is 12.5 Å². The van der Waals surface area contributed by atoms with E-state index in [1.807, 2.05) is 12.1 Å². The molecule has 0 saturated carbocycles. The van der Waals surface area contributed by atoms with Crippen LogP contribution < -0.4 is 4.74 Å². The molecule has 0 amide bonds. The molecule has 1 aromatic heterocycles. The standard InChI is InChI=1S/C26H47NO3/c1-2-3-4-5-6-7-8-9-10-11-12-13-14-15-16-19-22-29-24-25(23-28)30-26-20-17-18-21-27-26/h17-18,20-21,25,28H,2-16,19,22-24H2,1H3. The van der Waals surface area contributed by atoms with Crippen molar-refractivity contribution in [1.82, 2.24) is 4.98 Å². The predicted molar refractivity (Wildman–Crippen MR) is 126 cm³/mol. The minimum absolute atomic E-state index is 0.0600. The molecule has 0 radical (unpaired) electrons. The summed E-state index contributed by atoms with van der Waals surface area (Å²) < 4.78 is 11.3. The number of hydrogen-bond donors (Lipinski definition) is 1. The van der Waals surface area contributed by atoms with Gasteiger partial charge in [0, 0.05) is 18.9 Å². The molecule has 0 aliphatic carbocycles. The van der Waals surface area contributed by atoms with Crippen molar-refractivity contribution < 1.29 is 14.6 Å². The van der Waals surface area contributed by atoms with E-state index in [1.54, 1.807) is 12.3 Å². The highest BCUT2D eigenvalue weighted by molar-refractivity contribution is 5.09. The Balaban J connectivity index is 1.78. The Morgan fingerprint density at radius 2 is 1.30 bits per heavy atom. The summed E-state index contributed by atoms with van der Waals surface area (Å²) in [5, 5.41) is 9.40. The van der Waals surface area contributed by atoms with E-state index in [0.29, 0.717) is 12.5 Å². The van der Waals surface area contributed by atoms with Crippen LogP contribution in [0.25, 0.3) is 0 Å². The number of aliphatic hydroxyl groups is 1. The third-order valence-corrected chi connectivity index (χ3v) is 5.57. The molecule has 0 bridgehead atoms. The van der Waals surface area contributed by atoms with Crippen molar-refractivity contribution in [3.05, 3.63) is 24.4 Å². The summed E-state index contributed by atoms with van der Waals surface area (Å²) in [7, 11) is 0. The summed E-state index contributed by atoms with van der Waals surface area (Å²) >= 11 is 0. The summed E-state index contributed by atoms with van der Waals surface area (Å²) in [6.45, 7) is 3.37. The van der Waals surface area contributed by atoms with E-state index in [9.17, 15) is 5.11 Å². The van der Waals surface area contributed by atoms with Gasteiger partial charge in [0.05, 0.1) is 13.2 Å². The minimum Gasteiger partial charge on any atom is -0.469 e. The van der Waals surface area contributed by atoms with Crippen molar-refractivity contribution in [2.45, 2.75) is 116 Å². The van der Waals surface area contributed by atoms with Gasteiger partial charge in [0.2, 0.25) is 5.88 Å². The normalized spacial score (nSPS) is 12.2. The second kappa shape index (κ2) is 21.1. The number of aromatic nitrogens is 1. The monoisotopic (exact) mass is 421 g/mol. The maximum atomic E-state index is 9.40. The number of unbranched alkanes of at least 4 members (excludes halogenated alkanes) is 15. The summed E-state index contributed by atoms with van der Waals surface area (Å²) in [6.07, 6.45) is 23.3. The van der Waals surface area contributed by atoms with Crippen LogP contribution >= 0.6 is 0 Å². The first kappa shape index (κ1) is 26.9. The van der Waals surface area contributed by atoms with E-state index < -0.39 is 0 Å². The van der Waals surface area contributed by atoms with Crippen LogP contribution in [0, 0.1) is 0 Å². The summed E-state index contributed by atoms with van der Waals surface area (Å²) in [5.74, 6) is 0.530. The first-order valence-electron chi connectivity index (χ1n) is 12.6. The molecule has 1 atom stereocenters. The Morgan fingerprint density at radius 3 is 1.77 bits per heavy atom. The highest BCUT2D eigenvalue weighted by Gasteiger charge is 2.09. The fourth-order valence-corrected chi connectivity index (χ4v) is 3.68. The van der Waals surface area contributed by atoms with Gasteiger partial charge in [-0.1, -0.05) is 109 Å². The average molecular weight is 422 g/mol. The van der Waals surface area contributed by atoms with Crippen molar-refractivity contribution >= 4 is 0 Å². The largest absolute Gasteiger partial charge is 0.469 e. The summed E-state index contributed by atoms with van der Waals surface area (Å²) in [6, 6.07) is 5.50. The predicted octanol–water partition coefficient (Wildman–Crippen LogP) is 7.10. The van der Waals surface area contributed by atoms with Crippen molar-refractivity contribution in [3.8, 4) is 5.88 Å². The maximum Gasteiger partial charge on any atom is 0.213 e. The zero-order chi connectivity index (χ0) is 21.5. The summed E-state index contributed by atoms with van der Waals surface area (Å²) in [5.41, 5.74) is 0. The molecule has 0 aliphatic heterocycles. The molecule has 1 unspecified atom stereocenters. The Labute approximate surface area is 185 Å². The van der Waals surface area contributed by atoms with Gasteiger partial charge in [-0.2, -0.15) is 0 Å². The van der Waals surface area contributed by atoms with E-state index in [2.05, 4.69) is 11.9 Å². The van der Waals surface area contributed by atoms with Gasteiger partial charge in [-0.15, -0.1) is 0 Å². The maximum absolute atomic E-state index is 9.40. The molecule has 1 heterocycles. The Morgan fingerprint density at radius 1 is 0.767 bits per heavy atom. The first-order valence-corrected chi connectivity index (χ1v) is 12.6. The van der Waals surface area contributed by atoms with Crippen LogP contribution in [-0.2, 0) is 4.74 Å². The molecule has 1 aromatic rings. The van der Waals surface area contributed by atoms with Gasteiger partial charge in [0.25, 0.3) is 0 Å². The fraction of sp³-hybridized carbons (Fsp3) is 0.808. The number of ether oxygens (including phenoxy) is 2. The molecular formula is C26H47NO3. The molecule has 0 saturated heterocycles. The van der Waals surface area contributed by atoms with Crippen LogP contribution in [0.4, 0.5) is 0 Å². The van der Waals surface area contributed by atoms with Gasteiger partial charge in [-0.3, -0.25) is 0 Å². The Hall–Kier alpha value is -1.13. The molecule has 30 heavy (non-hydrogen) atoms. The lowest BCUT2D eigenvalue weighted by atomic mass is 10.0. The second-order valence-electron chi connectivity index (χ2n) is 8.47. The lowest BCUT2D eigenvalue weighted by Crippen LogP contribution is -2.27. The van der Waals surface area contributed by atoms with Crippen LogP contribution in [-0.4, -0.2) is 36.0 Å². The van der Waals surface area contributed by atoms with Gasteiger partial charge in [0.1, 0.15) is 6.10 Å². The lowest BCUT2D eigenvalue weighted by molar-refractivity contribution is 0.0167. The topological polar surface area (TPSA) is 51.6 Å². The lowest BCUT2D eigenvalue weighted by Gasteiger charge is -2.16. The van der Waals surface area contributed by atoms with Gasteiger partial charge < -0.3 is 14.6 Å². The molecule has 1 rings (SSSR count). The van der Waals surface area contributed by atoms with Crippen molar-refractivity contribution in [3.63, 3.8) is 0 Å². The molecule has 0 fully saturated rings. The highest BCUT2D eigenvalue weighted by Crippen LogP contribution is 2.14. The van der Waals surface area contributed by atoms with Crippen LogP contribution in [0.1, 0.15) is 110 Å². The molecule has 4 heteroatoms. The molecule has 0 aliphatic rings. The molecule has 1 N–H and O–H groups in total. The first-order chi connectivity index (χ1) is 14.9. The van der Waals surface area contributed by atoms with Gasteiger partial charge in [-0.25, -0.2) is 4.98 Å². The Kier molecular flexibility index (Phi) is 18.9. The van der Waals surface area contributed by atoms with Gasteiger partial charge in [0.15, 0.2) is 0 Å². The zero-order valence-electron chi connectivity index (χ0n) is 19.5. The highest BCUT2D eigenvalue weighted by atomic mass is 16.5. The smallest absolute Gasteiger partial charge is 0.213 e. The van der Waals surface area contributed by atoms with Crippen LogP contribution in [0.3, 0.4) is 0 Å². The summed E-state index contributed by atoms with van der Waals surface area (Å²) in [4.78, 5) is 4.11. The van der Waals surface area contributed by atoms with Crippen molar-refractivity contribution in [2.75, 3.05) is 19.8 Å².